The van der Waals surface area contributed by atoms with Gasteiger partial charge in [-0.3, -0.25) is 4.79 Å². The van der Waals surface area contributed by atoms with Gasteiger partial charge in [0.2, 0.25) is 0 Å². The number of carbonyl (C=O) groups excluding carboxylic acids is 1. The Morgan fingerprint density at radius 3 is 2.33 bits per heavy atom. The lowest BCUT2D eigenvalue weighted by Gasteiger charge is -2.24. The van der Waals surface area contributed by atoms with E-state index in [4.69, 9.17) is 5.73 Å². The van der Waals surface area contributed by atoms with E-state index in [2.05, 4.69) is 4.98 Å². The Kier molecular flexibility index (Phi) is 5.92. The molecule has 0 radical (unpaired) electrons. The molecule has 100 valence electrons. The summed E-state index contributed by atoms with van der Waals surface area (Å²) >= 11 is 0. The van der Waals surface area contributed by atoms with Gasteiger partial charge in [0.1, 0.15) is 11.5 Å². The summed E-state index contributed by atoms with van der Waals surface area (Å²) in [4.78, 5) is 18.2. The highest BCUT2D eigenvalue weighted by Gasteiger charge is 2.17. The number of anilines is 1. The molecule has 2 rings (SSSR count). The maximum Gasteiger partial charge on any atom is 0.272 e. The molecule has 1 aromatic heterocycles. The van der Waals surface area contributed by atoms with Crippen molar-refractivity contribution in [3.05, 3.63) is 23.9 Å². The normalized spacial score (nSPS) is 16.3. The third kappa shape index (κ3) is 3.88. The van der Waals surface area contributed by atoms with E-state index in [9.17, 15) is 4.79 Å². The predicted molar refractivity (Wildman–Crippen MR) is 74.9 cm³/mol. The number of hydrogen-bond donors (Lipinski definition) is 1. The van der Waals surface area contributed by atoms with Crippen LogP contribution in [0, 0.1) is 0 Å². The lowest BCUT2D eigenvalue weighted by molar-refractivity contribution is 0.0736. The van der Waals surface area contributed by atoms with Crippen molar-refractivity contribution in [2.24, 2.45) is 0 Å². The molecule has 0 saturated carbocycles. The van der Waals surface area contributed by atoms with Crippen LogP contribution < -0.4 is 5.73 Å². The molecule has 1 aromatic rings. The van der Waals surface area contributed by atoms with Crippen LogP contribution in [-0.2, 0) is 0 Å². The van der Waals surface area contributed by atoms with E-state index < -0.39 is 0 Å². The maximum absolute atomic E-state index is 12.2. The summed E-state index contributed by atoms with van der Waals surface area (Å²) in [6.07, 6.45) is 5.91. The van der Waals surface area contributed by atoms with Crippen molar-refractivity contribution in [3.63, 3.8) is 0 Å². The number of nitrogen functional groups attached to an aromatic ring is 1. The van der Waals surface area contributed by atoms with Crippen molar-refractivity contribution < 1.29 is 4.79 Å². The lowest BCUT2D eigenvalue weighted by Crippen LogP contribution is -2.34. The third-order valence-electron chi connectivity index (χ3n) is 3.13. The van der Waals surface area contributed by atoms with E-state index in [1.807, 2.05) is 4.90 Å². The molecular formula is C13H20ClN3O. The van der Waals surface area contributed by atoms with Gasteiger partial charge in [-0.05, 0) is 25.0 Å². The number of nitrogens with two attached hydrogens (primary N) is 1. The average molecular weight is 270 g/mol. The fraction of sp³-hybridized carbons (Fsp3) is 0.538. The van der Waals surface area contributed by atoms with Gasteiger partial charge in [-0.1, -0.05) is 25.3 Å². The summed E-state index contributed by atoms with van der Waals surface area (Å²) in [7, 11) is 0. The minimum absolute atomic E-state index is 0. The first-order valence-corrected chi connectivity index (χ1v) is 6.29. The number of likely N-dealkylation sites (tertiary alicyclic amines) is 1. The Hall–Kier alpha value is -1.29. The molecule has 0 spiro atoms. The second-order valence-electron chi connectivity index (χ2n) is 4.51. The van der Waals surface area contributed by atoms with Crippen molar-refractivity contribution >= 4 is 24.1 Å². The molecule has 4 nitrogen and oxygen atoms in total. The smallest absolute Gasteiger partial charge is 0.272 e. The predicted octanol–water partition coefficient (Wildman–Crippen LogP) is 2.49. The van der Waals surface area contributed by atoms with E-state index in [0.717, 1.165) is 25.9 Å². The third-order valence-corrected chi connectivity index (χ3v) is 3.13. The highest BCUT2D eigenvalue weighted by molar-refractivity contribution is 5.92. The van der Waals surface area contributed by atoms with Gasteiger partial charge in [-0.25, -0.2) is 4.98 Å². The van der Waals surface area contributed by atoms with Crippen LogP contribution in [-0.4, -0.2) is 28.9 Å². The van der Waals surface area contributed by atoms with Crippen LogP contribution in [0.3, 0.4) is 0 Å². The molecule has 2 heterocycles. The molecule has 2 N–H and O–H groups in total. The second kappa shape index (κ2) is 7.21. The molecule has 0 aromatic carbocycles. The lowest BCUT2D eigenvalue weighted by atomic mass is 10.1. The van der Waals surface area contributed by atoms with Gasteiger partial charge in [0.05, 0.1) is 0 Å². The molecule has 1 amide bonds. The van der Waals surface area contributed by atoms with Crippen LogP contribution in [0.1, 0.15) is 42.6 Å². The van der Waals surface area contributed by atoms with Crippen LogP contribution in [0.4, 0.5) is 5.82 Å². The Labute approximate surface area is 114 Å². The maximum atomic E-state index is 12.2. The van der Waals surface area contributed by atoms with Crippen molar-refractivity contribution in [2.75, 3.05) is 18.8 Å². The standard InChI is InChI=1S/C13H19N3O.ClH/c14-12-8-6-7-11(15-12)13(17)16-9-4-2-1-3-5-10-16;/h6-8H,1-5,9-10H2,(H2,14,15);1H. The number of hydrogen-bond acceptors (Lipinski definition) is 3. The molecule has 1 aliphatic heterocycles. The molecule has 0 unspecified atom stereocenters. The Balaban J connectivity index is 0.00000162. The van der Waals surface area contributed by atoms with E-state index in [1.165, 1.54) is 19.3 Å². The monoisotopic (exact) mass is 269 g/mol. The number of amides is 1. The topological polar surface area (TPSA) is 59.2 Å². The van der Waals surface area contributed by atoms with Crippen molar-refractivity contribution in [3.8, 4) is 0 Å². The van der Waals surface area contributed by atoms with Crippen LogP contribution >= 0.6 is 12.4 Å². The minimum Gasteiger partial charge on any atom is -0.384 e. The summed E-state index contributed by atoms with van der Waals surface area (Å²) in [5.74, 6) is 0.419. The van der Waals surface area contributed by atoms with E-state index >= 15 is 0 Å². The first kappa shape index (κ1) is 14.8. The molecule has 0 aliphatic carbocycles. The van der Waals surface area contributed by atoms with E-state index in [0.29, 0.717) is 11.5 Å². The molecule has 1 fully saturated rings. The van der Waals surface area contributed by atoms with Gasteiger partial charge < -0.3 is 10.6 Å². The van der Waals surface area contributed by atoms with Gasteiger partial charge in [-0.2, -0.15) is 0 Å². The number of rotatable bonds is 1. The van der Waals surface area contributed by atoms with Crippen molar-refractivity contribution in [1.82, 2.24) is 9.88 Å². The van der Waals surface area contributed by atoms with E-state index in [-0.39, 0.29) is 18.3 Å². The Morgan fingerprint density at radius 1 is 1.11 bits per heavy atom. The molecule has 1 aliphatic rings. The minimum atomic E-state index is 0. The van der Waals surface area contributed by atoms with Gasteiger partial charge in [0.25, 0.3) is 5.91 Å². The number of pyridine rings is 1. The summed E-state index contributed by atoms with van der Waals surface area (Å²) in [5, 5.41) is 0. The number of aromatic nitrogens is 1. The SMILES string of the molecule is Cl.Nc1cccc(C(=O)N2CCCCCCC2)n1. The van der Waals surface area contributed by atoms with Crippen LogP contribution in [0.15, 0.2) is 18.2 Å². The Bertz CT molecular complexity index is 390. The summed E-state index contributed by atoms with van der Waals surface area (Å²) in [6, 6.07) is 5.21. The first-order chi connectivity index (χ1) is 8.27. The molecule has 18 heavy (non-hydrogen) atoms. The molecule has 1 saturated heterocycles. The highest BCUT2D eigenvalue weighted by Crippen LogP contribution is 2.13. The van der Waals surface area contributed by atoms with E-state index in [1.54, 1.807) is 18.2 Å². The average Bonchev–Trinajstić information content (AvgIpc) is 2.28. The zero-order chi connectivity index (χ0) is 12.1. The van der Waals surface area contributed by atoms with Crippen molar-refractivity contribution in [1.29, 1.82) is 0 Å². The molecule has 0 atom stereocenters. The fourth-order valence-electron chi connectivity index (χ4n) is 2.18. The molecule has 5 heteroatoms. The van der Waals surface area contributed by atoms with Gasteiger partial charge in [-0.15, -0.1) is 12.4 Å². The zero-order valence-electron chi connectivity index (χ0n) is 10.5. The van der Waals surface area contributed by atoms with Crippen molar-refractivity contribution in [2.45, 2.75) is 32.1 Å². The molecule has 0 bridgehead atoms. The number of halogens is 1. The largest absolute Gasteiger partial charge is 0.384 e. The van der Waals surface area contributed by atoms with Crippen LogP contribution in [0.5, 0.6) is 0 Å². The second-order valence-corrected chi connectivity index (χ2v) is 4.51. The number of nitrogens with zero attached hydrogens (tertiary/aromatic N) is 2. The number of carbonyl (C=O) groups is 1. The fourth-order valence-corrected chi connectivity index (χ4v) is 2.18. The van der Waals surface area contributed by atoms with Gasteiger partial charge >= 0.3 is 0 Å². The first-order valence-electron chi connectivity index (χ1n) is 6.29. The summed E-state index contributed by atoms with van der Waals surface area (Å²) < 4.78 is 0. The highest BCUT2D eigenvalue weighted by atomic mass is 35.5. The summed E-state index contributed by atoms with van der Waals surface area (Å²) in [6.45, 7) is 1.69. The molecular weight excluding hydrogens is 250 g/mol. The van der Waals surface area contributed by atoms with Gasteiger partial charge in [0.15, 0.2) is 0 Å². The Morgan fingerprint density at radius 2 is 1.72 bits per heavy atom. The van der Waals surface area contributed by atoms with Gasteiger partial charge in [0, 0.05) is 13.1 Å². The summed E-state index contributed by atoms with van der Waals surface area (Å²) in [5.41, 5.74) is 6.06. The van der Waals surface area contributed by atoms with Crippen LogP contribution in [0.25, 0.3) is 0 Å². The zero-order valence-corrected chi connectivity index (χ0v) is 11.3. The quantitative estimate of drug-likeness (QED) is 0.852. The van der Waals surface area contributed by atoms with Crippen LogP contribution in [0.2, 0.25) is 0 Å².